The SMILES string of the molecule is O=C(NCCc1ccccn1)C1CNNC1c1ccccc1. The van der Waals surface area contributed by atoms with Crippen LogP contribution in [0.4, 0.5) is 0 Å². The quantitative estimate of drug-likeness (QED) is 0.776. The largest absolute Gasteiger partial charge is 0.355 e. The molecule has 3 rings (SSSR count). The Morgan fingerprint density at radius 1 is 1.18 bits per heavy atom. The average molecular weight is 296 g/mol. The highest BCUT2D eigenvalue weighted by molar-refractivity contribution is 5.80. The van der Waals surface area contributed by atoms with Gasteiger partial charge in [-0.2, -0.15) is 0 Å². The number of carbonyl (C=O) groups is 1. The number of benzene rings is 1. The van der Waals surface area contributed by atoms with E-state index < -0.39 is 0 Å². The lowest BCUT2D eigenvalue weighted by Gasteiger charge is -2.18. The molecular weight excluding hydrogens is 276 g/mol. The second-order valence-electron chi connectivity index (χ2n) is 5.38. The molecule has 1 aromatic carbocycles. The molecular formula is C17H20N4O. The van der Waals surface area contributed by atoms with Crippen LogP contribution in [0.25, 0.3) is 0 Å². The van der Waals surface area contributed by atoms with E-state index in [0.717, 1.165) is 17.7 Å². The van der Waals surface area contributed by atoms with E-state index in [9.17, 15) is 4.79 Å². The van der Waals surface area contributed by atoms with Crippen molar-refractivity contribution >= 4 is 5.91 Å². The van der Waals surface area contributed by atoms with Gasteiger partial charge in [-0.1, -0.05) is 36.4 Å². The highest BCUT2D eigenvalue weighted by Crippen LogP contribution is 2.24. The summed E-state index contributed by atoms with van der Waals surface area (Å²) >= 11 is 0. The van der Waals surface area contributed by atoms with E-state index in [2.05, 4.69) is 21.2 Å². The number of hydrogen-bond acceptors (Lipinski definition) is 4. The standard InChI is InChI=1S/C17H20N4O/c22-17(19-11-9-14-8-4-5-10-18-14)15-12-20-21-16(15)13-6-2-1-3-7-13/h1-8,10,15-16,20-21H,9,11-12H2,(H,19,22). The Bertz CT molecular complexity index is 603. The van der Waals surface area contributed by atoms with Gasteiger partial charge in [0.1, 0.15) is 0 Å². The van der Waals surface area contributed by atoms with Crippen LogP contribution < -0.4 is 16.2 Å². The Hall–Kier alpha value is -2.24. The first-order valence-electron chi connectivity index (χ1n) is 7.55. The minimum absolute atomic E-state index is 0.0102. The summed E-state index contributed by atoms with van der Waals surface area (Å²) in [5, 5.41) is 3.01. The van der Waals surface area contributed by atoms with Gasteiger partial charge in [0, 0.05) is 31.4 Å². The molecule has 0 aliphatic carbocycles. The fraction of sp³-hybridized carbons (Fsp3) is 0.294. The summed E-state index contributed by atoms with van der Waals surface area (Å²) in [5.74, 6) is -0.0339. The summed E-state index contributed by atoms with van der Waals surface area (Å²) in [4.78, 5) is 16.7. The van der Waals surface area contributed by atoms with E-state index in [1.54, 1.807) is 6.20 Å². The van der Waals surface area contributed by atoms with Gasteiger partial charge in [-0.15, -0.1) is 0 Å². The highest BCUT2D eigenvalue weighted by atomic mass is 16.2. The zero-order valence-corrected chi connectivity index (χ0v) is 12.3. The van der Waals surface area contributed by atoms with Gasteiger partial charge >= 0.3 is 0 Å². The van der Waals surface area contributed by atoms with Crippen molar-refractivity contribution in [2.24, 2.45) is 5.92 Å². The molecule has 1 aliphatic rings. The Morgan fingerprint density at radius 2 is 2.00 bits per heavy atom. The highest BCUT2D eigenvalue weighted by Gasteiger charge is 2.33. The summed E-state index contributed by atoms with van der Waals surface area (Å²) < 4.78 is 0. The molecule has 2 atom stereocenters. The molecule has 3 N–H and O–H groups in total. The fourth-order valence-electron chi connectivity index (χ4n) is 2.71. The van der Waals surface area contributed by atoms with Crippen molar-refractivity contribution < 1.29 is 4.79 Å². The molecule has 1 aliphatic heterocycles. The predicted octanol–water partition coefficient (Wildman–Crippen LogP) is 1.21. The number of nitrogens with zero attached hydrogens (tertiary/aromatic N) is 1. The van der Waals surface area contributed by atoms with E-state index in [-0.39, 0.29) is 17.9 Å². The molecule has 2 heterocycles. The summed E-state index contributed by atoms with van der Waals surface area (Å²) in [6, 6.07) is 15.9. The number of nitrogens with one attached hydrogen (secondary N) is 3. The number of pyridine rings is 1. The molecule has 1 fully saturated rings. The van der Waals surface area contributed by atoms with Crippen LogP contribution in [0.5, 0.6) is 0 Å². The minimum atomic E-state index is -0.105. The first-order valence-corrected chi connectivity index (χ1v) is 7.55. The average Bonchev–Trinajstić information content (AvgIpc) is 3.06. The maximum absolute atomic E-state index is 12.4. The molecule has 2 unspecified atom stereocenters. The minimum Gasteiger partial charge on any atom is -0.355 e. The van der Waals surface area contributed by atoms with Crippen LogP contribution >= 0.6 is 0 Å². The molecule has 0 saturated carbocycles. The maximum atomic E-state index is 12.4. The second-order valence-corrected chi connectivity index (χ2v) is 5.38. The number of rotatable bonds is 5. The van der Waals surface area contributed by atoms with Gasteiger partial charge in [-0.3, -0.25) is 15.2 Å². The van der Waals surface area contributed by atoms with Gasteiger partial charge in [0.05, 0.1) is 12.0 Å². The molecule has 114 valence electrons. The van der Waals surface area contributed by atoms with E-state index in [1.807, 2.05) is 48.5 Å². The van der Waals surface area contributed by atoms with Crippen LogP contribution in [0.2, 0.25) is 0 Å². The van der Waals surface area contributed by atoms with E-state index in [1.165, 1.54) is 0 Å². The molecule has 0 spiro atoms. The molecule has 5 heteroatoms. The molecule has 1 aromatic heterocycles. The topological polar surface area (TPSA) is 66.0 Å². The third-order valence-corrected chi connectivity index (χ3v) is 3.88. The lowest BCUT2D eigenvalue weighted by molar-refractivity contribution is -0.124. The fourth-order valence-corrected chi connectivity index (χ4v) is 2.71. The van der Waals surface area contributed by atoms with Crippen LogP contribution in [-0.4, -0.2) is 24.0 Å². The van der Waals surface area contributed by atoms with Crippen molar-refractivity contribution in [1.29, 1.82) is 0 Å². The van der Waals surface area contributed by atoms with Gasteiger partial charge in [-0.05, 0) is 17.7 Å². The monoisotopic (exact) mass is 296 g/mol. The third-order valence-electron chi connectivity index (χ3n) is 3.88. The van der Waals surface area contributed by atoms with Crippen LogP contribution in [0.15, 0.2) is 54.7 Å². The normalized spacial score (nSPS) is 20.7. The Morgan fingerprint density at radius 3 is 2.77 bits per heavy atom. The second kappa shape index (κ2) is 7.15. The van der Waals surface area contributed by atoms with E-state index in [0.29, 0.717) is 13.1 Å². The van der Waals surface area contributed by atoms with Gasteiger partial charge in [-0.25, -0.2) is 5.43 Å². The molecule has 1 saturated heterocycles. The van der Waals surface area contributed by atoms with Crippen molar-refractivity contribution in [2.75, 3.05) is 13.1 Å². The van der Waals surface area contributed by atoms with Crippen LogP contribution in [0.3, 0.4) is 0 Å². The van der Waals surface area contributed by atoms with E-state index in [4.69, 9.17) is 0 Å². The summed E-state index contributed by atoms with van der Waals surface area (Å²) in [6.45, 7) is 1.24. The first kappa shape index (κ1) is 14.7. The van der Waals surface area contributed by atoms with Crippen LogP contribution in [0, 0.1) is 5.92 Å². The number of aromatic nitrogens is 1. The number of amides is 1. The van der Waals surface area contributed by atoms with Crippen molar-refractivity contribution in [3.8, 4) is 0 Å². The molecule has 0 bridgehead atoms. The van der Waals surface area contributed by atoms with Crippen LogP contribution in [-0.2, 0) is 11.2 Å². The zero-order chi connectivity index (χ0) is 15.2. The lowest BCUT2D eigenvalue weighted by atomic mass is 9.94. The maximum Gasteiger partial charge on any atom is 0.226 e. The Kier molecular flexibility index (Phi) is 4.78. The third kappa shape index (κ3) is 3.50. The van der Waals surface area contributed by atoms with Gasteiger partial charge in [0.15, 0.2) is 0 Å². The van der Waals surface area contributed by atoms with Gasteiger partial charge < -0.3 is 5.32 Å². The molecule has 22 heavy (non-hydrogen) atoms. The number of hydrazine groups is 1. The Balaban J connectivity index is 1.55. The van der Waals surface area contributed by atoms with Crippen molar-refractivity contribution in [1.82, 2.24) is 21.2 Å². The molecule has 1 amide bonds. The predicted molar refractivity (Wildman–Crippen MR) is 84.8 cm³/mol. The van der Waals surface area contributed by atoms with Crippen molar-refractivity contribution in [3.63, 3.8) is 0 Å². The molecule has 5 nitrogen and oxygen atoms in total. The van der Waals surface area contributed by atoms with Crippen molar-refractivity contribution in [3.05, 3.63) is 66.0 Å². The molecule has 0 radical (unpaired) electrons. The van der Waals surface area contributed by atoms with Gasteiger partial charge in [0.25, 0.3) is 0 Å². The lowest BCUT2D eigenvalue weighted by Crippen LogP contribution is -2.36. The first-order chi connectivity index (χ1) is 10.8. The van der Waals surface area contributed by atoms with Crippen molar-refractivity contribution in [2.45, 2.75) is 12.5 Å². The summed E-state index contributed by atoms with van der Waals surface area (Å²) in [7, 11) is 0. The summed E-state index contributed by atoms with van der Waals surface area (Å²) in [6.07, 6.45) is 2.52. The smallest absolute Gasteiger partial charge is 0.226 e. The van der Waals surface area contributed by atoms with Crippen LogP contribution in [0.1, 0.15) is 17.3 Å². The Labute approximate surface area is 130 Å². The summed E-state index contributed by atoms with van der Waals surface area (Å²) in [5.41, 5.74) is 8.39. The molecule has 2 aromatic rings. The zero-order valence-electron chi connectivity index (χ0n) is 12.3. The number of carbonyl (C=O) groups excluding carboxylic acids is 1. The van der Waals surface area contributed by atoms with E-state index >= 15 is 0 Å². The van der Waals surface area contributed by atoms with Gasteiger partial charge in [0.2, 0.25) is 5.91 Å². The number of hydrogen-bond donors (Lipinski definition) is 3.